The van der Waals surface area contributed by atoms with Gasteiger partial charge in [-0.15, -0.1) is 5.10 Å². The Balaban J connectivity index is 2.74. The average molecular weight is 296 g/mol. The van der Waals surface area contributed by atoms with Crippen LogP contribution < -0.4 is 11.1 Å². The molecule has 0 aliphatic carbocycles. The lowest BCUT2D eigenvalue weighted by atomic mass is 9.77. The summed E-state index contributed by atoms with van der Waals surface area (Å²) in [4.78, 5) is 12.5. The Morgan fingerprint density at radius 3 is 2.57 bits per heavy atom. The number of nitrogens with one attached hydrogen (secondary N) is 1. The Morgan fingerprint density at radius 2 is 2.10 bits per heavy atom. The Morgan fingerprint density at radius 1 is 1.43 bits per heavy atom. The van der Waals surface area contributed by atoms with E-state index in [4.69, 9.17) is 10.9 Å². The van der Waals surface area contributed by atoms with Crippen molar-refractivity contribution in [2.24, 2.45) is 16.3 Å². The van der Waals surface area contributed by atoms with Gasteiger partial charge < -0.3 is 16.3 Å². The predicted molar refractivity (Wildman–Crippen MR) is 78.7 cm³/mol. The second-order valence-electron chi connectivity index (χ2n) is 4.99. The molecule has 0 atom stereocenters. The van der Waals surface area contributed by atoms with Crippen LogP contribution in [0.1, 0.15) is 39.5 Å². The molecule has 0 aliphatic heterocycles. The van der Waals surface area contributed by atoms with Gasteiger partial charge in [-0.05, 0) is 12.8 Å². The quantitative estimate of drug-likeness (QED) is 0.269. The third-order valence-electron chi connectivity index (χ3n) is 3.48. The molecule has 1 heterocycles. The van der Waals surface area contributed by atoms with Crippen LogP contribution in [0.2, 0.25) is 0 Å². The molecule has 0 saturated carbocycles. The number of amides is 1. The molecule has 0 radical (unpaired) electrons. The molecule has 4 N–H and O–H groups in total. The van der Waals surface area contributed by atoms with Crippen molar-refractivity contribution in [2.75, 3.05) is 6.54 Å². The molecule has 8 heteroatoms. The molecule has 21 heavy (non-hydrogen) atoms. The molecular weight excluding hydrogens is 272 g/mol. The van der Waals surface area contributed by atoms with Crippen LogP contribution >= 0.6 is 0 Å². The normalized spacial score (nSPS) is 12.4. The van der Waals surface area contributed by atoms with Crippen molar-refractivity contribution in [3.8, 4) is 0 Å². The first kappa shape index (κ1) is 16.9. The number of carbonyl (C=O) groups excluding carboxylic acids is 1. The number of hydrogen-bond acceptors (Lipinski definition) is 5. The van der Waals surface area contributed by atoms with E-state index in [1.807, 2.05) is 13.8 Å². The van der Waals surface area contributed by atoms with Crippen LogP contribution in [0.25, 0.3) is 0 Å². The van der Waals surface area contributed by atoms with Crippen molar-refractivity contribution >= 4 is 11.7 Å². The van der Waals surface area contributed by atoms with Crippen LogP contribution in [0, 0.1) is 5.41 Å². The lowest BCUT2D eigenvalue weighted by Gasteiger charge is -2.30. The minimum absolute atomic E-state index is 0.0237. The summed E-state index contributed by atoms with van der Waals surface area (Å²) in [6.07, 6.45) is 5.94. The number of amidine groups is 1. The zero-order valence-corrected chi connectivity index (χ0v) is 12.6. The van der Waals surface area contributed by atoms with Crippen molar-refractivity contribution < 1.29 is 10.0 Å². The zero-order chi connectivity index (χ0) is 15.7. The fourth-order valence-corrected chi connectivity index (χ4v) is 2.48. The third kappa shape index (κ3) is 4.17. The van der Waals surface area contributed by atoms with E-state index in [2.05, 4.69) is 20.8 Å². The number of aromatic nitrogens is 3. The summed E-state index contributed by atoms with van der Waals surface area (Å²) in [6, 6.07) is 0. The molecule has 0 fully saturated rings. The summed E-state index contributed by atoms with van der Waals surface area (Å²) >= 11 is 0. The third-order valence-corrected chi connectivity index (χ3v) is 3.48. The topological polar surface area (TPSA) is 118 Å². The van der Waals surface area contributed by atoms with E-state index >= 15 is 0 Å². The molecular formula is C13H24N6O2. The Bertz CT molecular complexity index is 451. The lowest BCUT2D eigenvalue weighted by molar-refractivity contribution is -0.128. The van der Waals surface area contributed by atoms with E-state index in [-0.39, 0.29) is 11.7 Å². The number of nitrogens with two attached hydrogens (primary N) is 1. The average Bonchev–Trinajstić information content (AvgIpc) is 2.99. The molecule has 1 amide bonds. The molecule has 0 unspecified atom stereocenters. The number of hydrogen-bond donors (Lipinski definition) is 3. The molecule has 0 spiro atoms. The maximum atomic E-state index is 12.5. The van der Waals surface area contributed by atoms with Gasteiger partial charge in [0.1, 0.15) is 5.41 Å². The number of oxime groups is 1. The van der Waals surface area contributed by atoms with Gasteiger partial charge in [0.2, 0.25) is 5.91 Å². The van der Waals surface area contributed by atoms with Crippen LogP contribution in [0.15, 0.2) is 17.5 Å². The van der Waals surface area contributed by atoms with Crippen LogP contribution in [-0.4, -0.2) is 38.5 Å². The smallest absolute Gasteiger partial charge is 0.234 e. The Hall–Kier alpha value is -2.12. The zero-order valence-electron chi connectivity index (χ0n) is 12.6. The van der Waals surface area contributed by atoms with Crippen LogP contribution in [0.5, 0.6) is 0 Å². The van der Waals surface area contributed by atoms with Crippen molar-refractivity contribution in [1.29, 1.82) is 0 Å². The summed E-state index contributed by atoms with van der Waals surface area (Å²) in [5, 5.41) is 22.5. The maximum Gasteiger partial charge on any atom is 0.234 e. The van der Waals surface area contributed by atoms with Gasteiger partial charge in [0.05, 0.1) is 12.7 Å². The number of nitrogens with zero attached hydrogens (tertiary/aromatic N) is 4. The van der Waals surface area contributed by atoms with Crippen LogP contribution in [0.4, 0.5) is 0 Å². The number of carbonyl (C=O) groups is 1. The molecule has 1 aromatic heterocycles. The summed E-state index contributed by atoms with van der Waals surface area (Å²) in [5.74, 6) is -0.230. The van der Waals surface area contributed by atoms with Crippen molar-refractivity contribution in [2.45, 2.75) is 46.1 Å². The van der Waals surface area contributed by atoms with E-state index in [0.717, 1.165) is 12.8 Å². The maximum absolute atomic E-state index is 12.5. The highest BCUT2D eigenvalue weighted by molar-refractivity contribution is 6.06. The monoisotopic (exact) mass is 296 g/mol. The van der Waals surface area contributed by atoms with Crippen molar-refractivity contribution in [1.82, 2.24) is 20.3 Å². The number of rotatable bonds is 9. The van der Waals surface area contributed by atoms with Gasteiger partial charge in [0, 0.05) is 12.7 Å². The Kier molecular flexibility index (Phi) is 6.64. The van der Waals surface area contributed by atoms with Gasteiger partial charge in [-0.3, -0.25) is 9.48 Å². The summed E-state index contributed by atoms with van der Waals surface area (Å²) in [5.41, 5.74) is 4.86. The van der Waals surface area contributed by atoms with E-state index in [9.17, 15) is 4.79 Å². The van der Waals surface area contributed by atoms with Gasteiger partial charge in [-0.2, -0.15) is 0 Å². The molecule has 1 rings (SSSR count). The highest BCUT2D eigenvalue weighted by Gasteiger charge is 2.41. The van der Waals surface area contributed by atoms with Crippen LogP contribution in [0.3, 0.4) is 0 Å². The van der Waals surface area contributed by atoms with E-state index < -0.39 is 5.41 Å². The van der Waals surface area contributed by atoms with Crippen molar-refractivity contribution in [3.05, 3.63) is 12.4 Å². The molecule has 0 aliphatic rings. The predicted octanol–water partition coefficient (Wildman–Crippen LogP) is 0.727. The van der Waals surface area contributed by atoms with E-state index in [1.165, 1.54) is 0 Å². The minimum Gasteiger partial charge on any atom is -0.409 e. The van der Waals surface area contributed by atoms with Crippen molar-refractivity contribution in [3.63, 3.8) is 0 Å². The molecule has 8 nitrogen and oxygen atoms in total. The van der Waals surface area contributed by atoms with Gasteiger partial charge in [-0.1, -0.05) is 37.1 Å². The van der Waals surface area contributed by atoms with Crippen LogP contribution in [-0.2, 0) is 11.3 Å². The summed E-state index contributed by atoms with van der Waals surface area (Å²) in [6.45, 7) is 4.88. The largest absolute Gasteiger partial charge is 0.409 e. The van der Waals surface area contributed by atoms with Gasteiger partial charge >= 0.3 is 0 Å². The fraction of sp³-hybridized carbons (Fsp3) is 0.692. The standard InChI is InChI=1S/C13H24N6O2/c1-3-5-13(6-4-2,11(14)17-21)12(20)15-7-9-19-10-8-16-18-19/h8,10,21H,3-7,9H2,1-2H3,(H2,14,17)(H,15,20). The van der Waals surface area contributed by atoms with Gasteiger partial charge in [0.15, 0.2) is 5.84 Å². The van der Waals surface area contributed by atoms with Gasteiger partial charge in [0.25, 0.3) is 0 Å². The second-order valence-corrected chi connectivity index (χ2v) is 4.99. The molecule has 0 saturated heterocycles. The summed E-state index contributed by atoms with van der Waals surface area (Å²) in [7, 11) is 0. The molecule has 0 aromatic carbocycles. The second kappa shape index (κ2) is 8.23. The first-order chi connectivity index (χ1) is 10.1. The Labute approximate surface area is 124 Å². The highest BCUT2D eigenvalue weighted by atomic mass is 16.4. The molecule has 0 bridgehead atoms. The molecule has 118 valence electrons. The summed E-state index contributed by atoms with van der Waals surface area (Å²) < 4.78 is 1.63. The molecule has 1 aromatic rings. The lowest BCUT2D eigenvalue weighted by Crippen LogP contribution is -2.50. The minimum atomic E-state index is -0.944. The SMILES string of the molecule is CCCC(CCC)(C(=O)NCCn1ccnn1)/C(N)=N/O. The fourth-order valence-electron chi connectivity index (χ4n) is 2.48. The van der Waals surface area contributed by atoms with E-state index in [1.54, 1.807) is 17.1 Å². The highest BCUT2D eigenvalue weighted by Crippen LogP contribution is 2.30. The first-order valence-corrected chi connectivity index (χ1v) is 7.21. The first-order valence-electron chi connectivity index (χ1n) is 7.21. The van der Waals surface area contributed by atoms with E-state index in [0.29, 0.717) is 25.9 Å². The van der Waals surface area contributed by atoms with Gasteiger partial charge in [-0.25, -0.2) is 0 Å².